The third-order valence-corrected chi connectivity index (χ3v) is 4.35. The van der Waals surface area contributed by atoms with Crippen LogP contribution < -0.4 is 0 Å². The minimum Gasteiger partial charge on any atom is -0.330 e. The molecular formula is C13H7BrFIN2S. The average Bonchev–Trinajstić information content (AvgIpc) is 2.65. The van der Waals surface area contributed by atoms with Crippen LogP contribution in [0.2, 0.25) is 0 Å². The van der Waals surface area contributed by atoms with Crippen LogP contribution in [0.15, 0.2) is 40.9 Å². The van der Waals surface area contributed by atoms with Crippen molar-refractivity contribution in [2.45, 2.75) is 0 Å². The number of hydrogen-bond acceptors (Lipinski definition) is 1. The van der Waals surface area contributed by atoms with E-state index in [2.05, 4.69) is 43.5 Å². The third kappa shape index (κ3) is 2.36. The summed E-state index contributed by atoms with van der Waals surface area (Å²) < 4.78 is 17.5. The van der Waals surface area contributed by atoms with Gasteiger partial charge in [0.15, 0.2) is 4.77 Å². The van der Waals surface area contributed by atoms with E-state index < -0.39 is 0 Å². The number of aromatic amines is 1. The smallest absolute Gasteiger partial charge is 0.182 e. The molecule has 6 heteroatoms. The highest BCUT2D eigenvalue weighted by atomic mass is 127. The molecule has 19 heavy (non-hydrogen) atoms. The lowest BCUT2D eigenvalue weighted by Gasteiger charge is -2.05. The maximum Gasteiger partial charge on any atom is 0.182 e. The van der Waals surface area contributed by atoms with Crippen LogP contribution in [-0.2, 0) is 0 Å². The molecule has 0 saturated carbocycles. The molecule has 0 aliphatic carbocycles. The molecule has 3 aromatic rings. The normalized spacial score (nSPS) is 11.1. The van der Waals surface area contributed by atoms with E-state index in [0.717, 1.165) is 14.8 Å². The molecule has 2 nitrogen and oxygen atoms in total. The van der Waals surface area contributed by atoms with Crippen molar-refractivity contribution in [3.05, 3.63) is 55.0 Å². The number of H-pyrrole nitrogens is 1. The van der Waals surface area contributed by atoms with Gasteiger partial charge in [0.2, 0.25) is 0 Å². The summed E-state index contributed by atoms with van der Waals surface area (Å²) in [5.41, 5.74) is 2.49. The van der Waals surface area contributed by atoms with Crippen LogP contribution in [0.25, 0.3) is 16.7 Å². The van der Waals surface area contributed by atoms with Crippen LogP contribution >= 0.6 is 50.7 Å². The van der Waals surface area contributed by atoms with E-state index in [-0.39, 0.29) is 5.82 Å². The Morgan fingerprint density at radius 1 is 1.26 bits per heavy atom. The first-order valence-corrected chi connectivity index (χ1v) is 7.70. The van der Waals surface area contributed by atoms with Gasteiger partial charge in [-0.15, -0.1) is 0 Å². The number of hydrogen-bond donors (Lipinski definition) is 1. The van der Waals surface area contributed by atoms with Crippen molar-refractivity contribution < 1.29 is 4.39 Å². The van der Waals surface area contributed by atoms with Gasteiger partial charge in [0, 0.05) is 15.3 Å². The Morgan fingerprint density at radius 3 is 2.79 bits per heavy atom. The van der Waals surface area contributed by atoms with Gasteiger partial charge in [-0.2, -0.15) is 0 Å². The Labute approximate surface area is 135 Å². The molecule has 3 rings (SSSR count). The minimum atomic E-state index is -0.307. The zero-order valence-electron chi connectivity index (χ0n) is 9.45. The molecular weight excluding hydrogens is 442 g/mol. The lowest BCUT2D eigenvalue weighted by atomic mass is 10.3. The Balaban J connectivity index is 2.38. The molecule has 1 heterocycles. The van der Waals surface area contributed by atoms with Crippen molar-refractivity contribution >= 4 is 61.8 Å². The summed E-state index contributed by atoms with van der Waals surface area (Å²) in [5.74, 6) is -0.307. The number of nitrogens with one attached hydrogen (secondary N) is 1. The minimum absolute atomic E-state index is 0.307. The number of nitrogens with zero attached hydrogens (tertiary/aromatic N) is 1. The summed E-state index contributed by atoms with van der Waals surface area (Å²) in [6.07, 6.45) is 0. The molecule has 0 spiro atoms. The summed E-state index contributed by atoms with van der Waals surface area (Å²) in [6, 6.07) is 11.2. The largest absolute Gasteiger partial charge is 0.330 e. The first-order valence-electron chi connectivity index (χ1n) is 5.42. The van der Waals surface area contributed by atoms with E-state index in [1.54, 1.807) is 6.07 Å². The van der Waals surface area contributed by atoms with Crippen LogP contribution in [0.3, 0.4) is 0 Å². The summed E-state index contributed by atoms with van der Waals surface area (Å²) in [6.45, 7) is 0. The summed E-state index contributed by atoms with van der Waals surface area (Å²) in [7, 11) is 0. The molecule has 0 amide bonds. The first kappa shape index (κ1) is 13.3. The fraction of sp³-hybridized carbons (Fsp3) is 0. The molecule has 0 aliphatic heterocycles. The molecule has 1 aromatic heterocycles. The maximum absolute atomic E-state index is 13.5. The second kappa shape index (κ2) is 4.99. The molecule has 0 aliphatic rings. The van der Waals surface area contributed by atoms with Gasteiger partial charge in [0.05, 0.1) is 15.5 Å². The molecule has 0 bridgehead atoms. The SMILES string of the molecule is Fc1cc2[nH]c(=S)n(-c3cccc(I)c3)c2cc1Br. The van der Waals surface area contributed by atoms with Crippen molar-refractivity contribution in [2.75, 3.05) is 0 Å². The third-order valence-electron chi connectivity index (χ3n) is 2.79. The second-order valence-electron chi connectivity index (χ2n) is 4.03. The molecule has 96 valence electrons. The lowest BCUT2D eigenvalue weighted by Crippen LogP contribution is -1.94. The van der Waals surface area contributed by atoms with E-state index in [4.69, 9.17) is 12.2 Å². The number of aromatic nitrogens is 2. The Bertz CT molecular complexity index is 840. The van der Waals surface area contributed by atoms with Gasteiger partial charge in [0.1, 0.15) is 5.82 Å². The van der Waals surface area contributed by atoms with E-state index in [0.29, 0.717) is 14.8 Å². The van der Waals surface area contributed by atoms with Crippen molar-refractivity contribution in [2.24, 2.45) is 0 Å². The highest BCUT2D eigenvalue weighted by Gasteiger charge is 2.10. The van der Waals surface area contributed by atoms with Gasteiger partial charge >= 0.3 is 0 Å². The lowest BCUT2D eigenvalue weighted by molar-refractivity contribution is 0.623. The zero-order valence-corrected chi connectivity index (χ0v) is 14.0. The predicted octanol–water partition coefficient (Wildman–Crippen LogP) is 5.19. The van der Waals surface area contributed by atoms with E-state index >= 15 is 0 Å². The van der Waals surface area contributed by atoms with Crippen LogP contribution in [0.1, 0.15) is 0 Å². The molecule has 0 saturated heterocycles. The second-order valence-corrected chi connectivity index (χ2v) is 6.52. The number of benzene rings is 2. The maximum atomic E-state index is 13.5. The van der Waals surface area contributed by atoms with Gasteiger partial charge in [0.25, 0.3) is 0 Å². The quantitative estimate of drug-likeness (QED) is 0.401. The zero-order chi connectivity index (χ0) is 13.6. The molecule has 0 fully saturated rings. The predicted molar refractivity (Wildman–Crippen MR) is 88.8 cm³/mol. The topological polar surface area (TPSA) is 20.7 Å². The van der Waals surface area contributed by atoms with Crippen molar-refractivity contribution in [1.82, 2.24) is 9.55 Å². The standard InChI is InChI=1S/C13H7BrFIN2S/c14-9-5-12-11(6-10(9)15)17-13(19)18(12)8-3-1-2-7(16)4-8/h1-6H,(H,17,19). The van der Waals surface area contributed by atoms with E-state index in [9.17, 15) is 4.39 Å². The highest BCUT2D eigenvalue weighted by molar-refractivity contribution is 14.1. The van der Waals surface area contributed by atoms with Crippen molar-refractivity contribution in [3.63, 3.8) is 0 Å². The van der Waals surface area contributed by atoms with Crippen LogP contribution in [0.5, 0.6) is 0 Å². The number of rotatable bonds is 1. The summed E-state index contributed by atoms with van der Waals surface area (Å²) in [4.78, 5) is 3.03. The van der Waals surface area contributed by atoms with Gasteiger partial charge in [-0.25, -0.2) is 4.39 Å². The van der Waals surface area contributed by atoms with Crippen LogP contribution in [-0.4, -0.2) is 9.55 Å². The fourth-order valence-corrected chi connectivity index (χ4v) is 3.15. The Hall–Kier alpha value is -0.730. The Kier molecular flexibility index (Phi) is 3.48. The van der Waals surface area contributed by atoms with Gasteiger partial charge in [-0.1, -0.05) is 6.07 Å². The highest BCUT2D eigenvalue weighted by Crippen LogP contribution is 2.26. The van der Waals surface area contributed by atoms with Gasteiger partial charge < -0.3 is 4.98 Å². The number of imidazole rings is 1. The fourth-order valence-electron chi connectivity index (χ4n) is 1.97. The average molecular weight is 449 g/mol. The van der Waals surface area contributed by atoms with Crippen LogP contribution in [0.4, 0.5) is 4.39 Å². The molecule has 1 N–H and O–H groups in total. The van der Waals surface area contributed by atoms with Gasteiger partial charge in [-0.05, 0) is 75.0 Å². The molecule has 0 radical (unpaired) electrons. The molecule has 2 aromatic carbocycles. The van der Waals surface area contributed by atoms with Crippen molar-refractivity contribution in [1.29, 1.82) is 0 Å². The Morgan fingerprint density at radius 2 is 2.05 bits per heavy atom. The monoisotopic (exact) mass is 448 g/mol. The molecule has 0 unspecified atom stereocenters. The van der Waals surface area contributed by atoms with Gasteiger partial charge in [-0.3, -0.25) is 4.57 Å². The van der Waals surface area contributed by atoms with E-state index in [1.165, 1.54) is 6.07 Å². The molecule has 0 atom stereocenters. The van der Waals surface area contributed by atoms with Crippen molar-refractivity contribution in [3.8, 4) is 5.69 Å². The summed E-state index contributed by atoms with van der Waals surface area (Å²) >= 11 is 10.8. The van der Waals surface area contributed by atoms with E-state index in [1.807, 2.05) is 28.8 Å². The number of halogens is 3. The van der Waals surface area contributed by atoms with Crippen LogP contribution in [0, 0.1) is 14.2 Å². The number of fused-ring (bicyclic) bond motifs is 1. The summed E-state index contributed by atoms with van der Waals surface area (Å²) in [5, 5.41) is 0. The first-order chi connectivity index (χ1) is 9.06.